The maximum absolute atomic E-state index is 4.21. The summed E-state index contributed by atoms with van der Waals surface area (Å²) in [7, 11) is 0. The molecule has 0 bridgehead atoms. The monoisotopic (exact) mass is 234 g/mol. The maximum atomic E-state index is 4.21. The summed E-state index contributed by atoms with van der Waals surface area (Å²) in [5, 5.41) is 0.811. The second-order valence-electron chi connectivity index (χ2n) is 4.12. The second kappa shape index (κ2) is 11.8. The first kappa shape index (κ1) is 14.7. The lowest BCUT2D eigenvalue weighted by Gasteiger charge is -2.04. The van der Waals surface area contributed by atoms with Crippen molar-refractivity contribution in [3.8, 4) is 0 Å². The Morgan fingerprint density at radius 3 is 1.86 bits per heavy atom. The van der Waals surface area contributed by atoms with Crippen molar-refractivity contribution in [3.05, 3.63) is 0 Å². The standard InChI is InChI=1S/C12H26S2/c1-12(2)14-11-9-7-5-3-4-6-8-10-13/h12-13H,3-11H2,1-2H3. The number of unbranched alkanes of at least 4 members (excludes halogenated alkanes) is 6. The Morgan fingerprint density at radius 2 is 1.36 bits per heavy atom. The molecule has 0 N–H and O–H groups in total. The second-order valence-corrected chi connectivity index (χ2v) is 6.25. The quantitative estimate of drug-likeness (QED) is 0.419. The molecular weight excluding hydrogens is 208 g/mol. The Morgan fingerprint density at radius 1 is 0.857 bits per heavy atom. The Hall–Kier alpha value is 0.700. The summed E-state index contributed by atoms with van der Waals surface area (Å²) >= 11 is 6.30. The largest absolute Gasteiger partial charge is 0.179 e. The molecule has 0 aliphatic rings. The number of hydrogen-bond acceptors (Lipinski definition) is 2. The highest BCUT2D eigenvalue weighted by atomic mass is 32.2. The van der Waals surface area contributed by atoms with Gasteiger partial charge < -0.3 is 0 Å². The zero-order valence-electron chi connectivity index (χ0n) is 9.80. The van der Waals surface area contributed by atoms with Gasteiger partial charge in [0, 0.05) is 0 Å². The van der Waals surface area contributed by atoms with Crippen molar-refractivity contribution in [1.82, 2.24) is 0 Å². The van der Waals surface area contributed by atoms with Gasteiger partial charge in [-0.1, -0.05) is 46.0 Å². The first-order valence-electron chi connectivity index (χ1n) is 6.00. The van der Waals surface area contributed by atoms with Gasteiger partial charge in [-0.3, -0.25) is 0 Å². The van der Waals surface area contributed by atoms with Gasteiger partial charge in [-0.2, -0.15) is 24.4 Å². The van der Waals surface area contributed by atoms with Gasteiger partial charge in [-0.25, -0.2) is 0 Å². The van der Waals surface area contributed by atoms with E-state index in [9.17, 15) is 0 Å². The molecule has 0 rings (SSSR count). The average Bonchev–Trinajstić information content (AvgIpc) is 2.15. The lowest BCUT2D eigenvalue weighted by atomic mass is 10.1. The van der Waals surface area contributed by atoms with Gasteiger partial charge in [0.2, 0.25) is 0 Å². The lowest BCUT2D eigenvalue weighted by molar-refractivity contribution is 0.605. The van der Waals surface area contributed by atoms with E-state index in [-0.39, 0.29) is 0 Å². The van der Waals surface area contributed by atoms with Crippen molar-refractivity contribution in [2.45, 2.75) is 64.0 Å². The number of thiol groups is 1. The van der Waals surface area contributed by atoms with E-state index >= 15 is 0 Å². The van der Waals surface area contributed by atoms with E-state index < -0.39 is 0 Å². The van der Waals surface area contributed by atoms with Crippen molar-refractivity contribution in [2.75, 3.05) is 11.5 Å². The fourth-order valence-electron chi connectivity index (χ4n) is 1.42. The minimum Gasteiger partial charge on any atom is -0.179 e. The first-order valence-corrected chi connectivity index (χ1v) is 7.68. The predicted octanol–water partition coefficient (Wildman–Crippen LogP) is 4.79. The zero-order chi connectivity index (χ0) is 10.6. The minimum absolute atomic E-state index is 0.811. The summed E-state index contributed by atoms with van der Waals surface area (Å²) < 4.78 is 0. The number of rotatable bonds is 10. The van der Waals surface area contributed by atoms with Gasteiger partial charge in [0.05, 0.1) is 0 Å². The Labute approximate surface area is 100 Å². The number of hydrogen-bond donors (Lipinski definition) is 1. The van der Waals surface area contributed by atoms with E-state index in [1.807, 2.05) is 0 Å². The summed E-state index contributed by atoms with van der Waals surface area (Å²) in [5.41, 5.74) is 0. The fourth-order valence-corrected chi connectivity index (χ4v) is 2.48. The third-order valence-electron chi connectivity index (χ3n) is 2.25. The van der Waals surface area contributed by atoms with Gasteiger partial charge in [0.25, 0.3) is 0 Å². The van der Waals surface area contributed by atoms with E-state index in [0.29, 0.717) is 0 Å². The van der Waals surface area contributed by atoms with Gasteiger partial charge in [0.15, 0.2) is 0 Å². The normalized spacial score (nSPS) is 11.1. The van der Waals surface area contributed by atoms with E-state index in [1.165, 1.54) is 50.7 Å². The molecule has 0 nitrogen and oxygen atoms in total. The van der Waals surface area contributed by atoms with Crippen LogP contribution in [0, 0.1) is 0 Å². The Bertz CT molecular complexity index is 102. The van der Waals surface area contributed by atoms with Crippen LogP contribution in [0.25, 0.3) is 0 Å². The predicted molar refractivity (Wildman–Crippen MR) is 73.8 cm³/mol. The molecule has 0 fully saturated rings. The van der Waals surface area contributed by atoms with E-state index in [4.69, 9.17) is 0 Å². The average molecular weight is 234 g/mol. The van der Waals surface area contributed by atoms with Crippen molar-refractivity contribution in [2.24, 2.45) is 0 Å². The molecule has 0 unspecified atom stereocenters. The fraction of sp³-hybridized carbons (Fsp3) is 1.00. The van der Waals surface area contributed by atoms with Crippen LogP contribution >= 0.6 is 24.4 Å². The number of thioether (sulfide) groups is 1. The van der Waals surface area contributed by atoms with Crippen LogP contribution in [0.5, 0.6) is 0 Å². The van der Waals surface area contributed by atoms with E-state index in [0.717, 1.165) is 11.0 Å². The Kier molecular flexibility index (Phi) is 12.4. The molecule has 0 radical (unpaired) electrons. The molecule has 0 heterocycles. The summed E-state index contributed by atoms with van der Waals surface area (Å²) in [6.45, 7) is 4.56. The van der Waals surface area contributed by atoms with Crippen LogP contribution in [0.4, 0.5) is 0 Å². The summed E-state index contributed by atoms with van der Waals surface area (Å²) in [4.78, 5) is 0. The van der Waals surface area contributed by atoms with Crippen molar-refractivity contribution >= 4 is 24.4 Å². The van der Waals surface area contributed by atoms with Crippen molar-refractivity contribution in [1.29, 1.82) is 0 Å². The van der Waals surface area contributed by atoms with Crippen LogP contribution in [-0.4, -0.2) is 16.8 Å². The van der Waals surface area contributed by atoms with Crippen molar-refractivity contribution < 1.29 is 0 Å². The Balaban J connectivity index is 2.85. The smallest absolute Gasteiger partial charge is 0.000968 e. The molecule has 0 aliphatic carbocycles. The summed E-state index contributed by atoms with van der Waals surface area (Å²) in [6.07, 6.45) is 9.80. The van der Waals surface area contributed by atoms with Crippen LogP contribution in [0.15, 0.2) is 0 Å². The highest BCUT2D eigenvalue weighted by Crippen LogP contribution is 2.14. The van der Waals surface area contributed by atoms with Crippen LogP contribution in [0.2, 0.25) is 0 Å². The molecule has 0 aromatic carbocycles. The van der Waals surface area contributed by atoms with Gasteiger partial charge >= 0.3 is 0 Å². The molecule has 0 saturated carbocycles. The maximum Gasteiger partial charge on any atom is -0.000968 e. The van der Waals surface area contributed by atoms with Gasteiger partial charge in [0.1, 0.15) is 0 Å². The van der Waals surface area contributed by atoms with Crippen LogP contribution < -0.4 is 0 Å². The molecule has 0 aliphatic heterocycles. The molecular formula is C12H26S2. The third kappa shape index (κ3) is 12.7. The molecule has 0 amide bonds. The van der Waals surface area contributed by atoms with E-state index in [2.05, 4.69) is 38.2 Å². The van der Waals surface area contributed by atoms with Gasteiger partial charge in [-0.15, -0.1) is 0 Å². The third-order valence-corrected chi connectivity index (χ3v) is 3.76. The summed E-state index contributed by atoms with van der Waals surface area (Å²) in [5.74, 6) is 2.42. The van der Waals surface area contributed by atoms with E-state index in [1.54, 1.807) is 0 Å². The SMILES string of the molecule is CC(C)SCCCCCCCCCS. The first-order chi connectivity index (χ1) is 6.77. The van der Waals surface area contributed by atoms with Crippen LogP contribution in [-0.2, 0) is 0 Å². The van der Waals surface area contributed by atoms with Crippen LogP contribution in [0.3, 0.4) is 0 Å². The summed E-state index contributed by atoms with van der Waals surface area (Å²) in [6, 6.07) is 0. The minimum atomic E-state index is 0.811. The topological polar surface area (TPSA) is 0 Å². The molecule has 86 valence electrons. The molecule has 0 spiro atoms. The molecule has 0 saturated heterocycles. The molecule has 2 heteroatoms. The molecule has 14 heavy (non-hydrogen) atoms. The zero-order valence-corrected chi connectivity index (χ0v) is 11.5. The highest BCUT2D eigenvalue weighted by molar-refractivity contribution is 7.99. The molecule has 0 atom stereocenters. The lowest BCUT2D eigenvalue weighted by Crippen LogP contribution is -1.90. The highest BCUT2D eigenvalue weighted by Gasteiger charge is 1.94. The molecule has 0 aromatic heterocycles. The van der Waals surface area contributed by atoms with Crippen molar-refractivity contribution in [3.63, 3.8) is 0 Å². The molecule has 0 aromatic rings. The van der Waals surface area contributed by atoms with Gasteiger partial charge in [-0.05, 0) is 29.6 Å². The van der Waals surface area contributed by atoms with Crippen LogP contribution in [0.1, 0.15) is 58.8 Å².